The molecule has 14 nitrogen and oxygen atoms in total. The van der Waals surface area contributed by atoms with Crippen molar-refractivity contribution in [1.82, 2.24) is 29.9 Å². The average molecular weight is 778 g/mol. The molecule has 4 N–H and O–H groups in total. The zero-order valence-electron chi connectivity index (χ0n) is 29.0. The van der Waals surface area contributed by atoms with Crippen LogP contribution < -0.4 is 21.1 Å². The predicted octanol–water partition coefficient (Wildman–Crippen LogP) is 5.18. The van der Waals surface area contributed by atoms with E-state index in [0.29, 0.717) is 42.7 Å². The second-order valence-corrected chi connectivity index (χ2v) is 14.1. The highest BCUT2D eigenvalue weighted by Gasteiger charge is 2.45. The Hall–Kier alpha value is -5.54. The molecule has 3 aliphatic heterocycles. The van der Waals surface area contributed by atoms with Gasteiger partial charge in [0.05, 0.1) is 28.4 Å². The number of halogens is 3. The summed E-state index contributed by atoms with van der Waals surface area (Å²) in [5, 5.41) is 10.0. The molecule has 280 valence electrons. The number of aromatic nitrogens is 3. The van der Waals surface area contributed by atoms with E-state index in [1.54, 1.807) is 42.4 Å². The van der Waals surface area contributed by atoms with Crippen molar-refractivity contribution in [1.29, 1.82) is 0 Å². The molecule has 2 saturated heterocycles. The minimum absolute atomic E-state index is 0.0311. The van der Waals surface area contributed by atoms with Crippen molar-refractivity contribution < 1.29 is 33.1 Å². The summed E-state index contributed by atoms with van der Waals surface area (Å²) in [5.74, 6) is -2.58. The monoisotopic (exact) mass is 776 g/mol. The molecule has 0 aliphatic carbocycles. The summed E-state index contributed by atoms with van der Waals surface area (Å²) in [6.45, 7) is 2.96. The first-order valence-corrected chi connectivity index (χ1v) is 18.1. The quantitative estimate of drug-likeness (QED) is 0.143. The Morgan fingerprint density at radius 1 is 1.07 bits per heavy atom. The highest BCUT2D eigenvalue weighted by Crippen LogP contribution is 2.37. The SMILES string of the molecule is CC(Oc1cc(-c2cnn(C3CCN(C(=O)CCNc4cccc5c4C(=O)N(C4CCC(=O)NC4=O)C5=O)CC3)c2)cnc1N)c1c(Cl)ccc(F)c1Cl. The number of hydrogen-bond donors (Lipinski definition) is 3. The minimum Gasteiger partial charge on any atom is -0.482 e. The smallest absolute Gasteiger partial charge is 0.264 e. The lowest BCUT2D eigenvalue weighted by Crippen LogP contribution is -2.54. The van der Waals surface area contributed by atoms with Gasteiger partial charge in [-0.2, -0.15) is 5.10 Å². The van der Waals surface area contributed by atoms with Gasteiger partial charge in [0.2, 0.25) is 17.7 Å². The number of piperidine rings is 2. The third-order valence-corrected chi connectivity index (χ3v) is 10.6. The van der Waals surface area contributed by atoms with Gasteiger partial charge in [-0.25, -0.2) is 9.37 Å². The molecule has 2 unspecified atom stereocenters. The van der Waals surface area contributed by atoms with Crippen LogP contribution in [0.2, 0.25) is 10.0 Å². The van der Waals surface area contributed by atoms with Crippen molar-refractivity contribution in [3.05, 3.63) is 87.5 Å². The summed E-state index contributed by atoms with van der Waals surface area (Å²) in [6, 6.07) is 8.12. The maximum Gasteiger partial charge on any atom is 0.264 e. The largest absolute Gasteiger partial charge is 0.482 e. The number of likely N-dealkylation sites (tertiary alicyclic amines) is 1. The summed E-state index contributed by atoms with van der Waals surface area (Å²) in [6.07, 6.45) is 6.11. The molecule has 17 heteroatoms. The van der Waals surface area contributed by atoms with Crippen LogP contribution in [-0.2, 0) is 14.4 Å². The van der Waals surface area contributed by atoms with E-state index < -0.39 is 41.6 Å². The lowest BCUT2D eigenvalue weighted by molar-refractivity contribution is -0.136. The fourth-order valence-corrected chi connectivity index (χ4v) is 7.74. The van der Waals surface area contributed by atoms with E-state index in [0.717, 1.165) is 10.5 Å². The average Bonchev–Trinajstić information content (AvgIpc) is 3.74. The van der Waals surface area contributed by atoms with Gasteiger partial charge in [-0.3, -0.25) is 38.9 Å². The summed E-state index contributed by atoms with van der Waals surface area (Å²) in [4.78, 5) is 70.7. The number of nitrogens with zero attached hydrogens (tertiary/aromatic N) is 5. The number of nitrogens with one attached hydrogen (secondary N) is 2. The van der Waals surface area contributed by atoms with Crippen molar-refractivity contribution in [3.8, 4) is 16.9 Å². The van der Waals surface area contributed by atoms with Gasteiger partial charge in [0.15, 0.2) is 11.6 Å². The first-order chi connectivity index (χ1) is 25.9. The zero-order chi connectivity index (χ0) is 38.3. The van der Waals surface area contributed by atoms with E-state index in [1.165, 1.54) is 18.2 Å². The fourth-order valence-electron chi connectivity index (χ4n) is 7.06. The van der Waals surface area contributed by atoms with Crippen LogP contribution in [-0.4, -0.2) is 79.8 Å². The van der Waals surface area contributed by atoms with Crippen LogP contribution in [0.15, 0.2) is 55.0 Å². The van der Waals surface area contributed by atoms with Gasteiger partial charge >= 0.3 is 0 Å². The van der Waals surface area contributed by atoms with Crippen molar-refractivity contribution in [2.75, 3.05) is 30.7 Å². The number of pyridine rings is 1. The molecule has 54 heavy (non-hydrogen) atoms. The third kappa shape index (κ3) is 7.08. The number of carbonyl (C=O) groups excluding carboxylic acids is 5. The Bertz CT molecular complexity index is 2190. The number of rotatable bonds is 10. The first-order valence-electron chi connectivity index (χ1n) is 17.4. The number of ether oxygens (including phenoxy) is 1. The number of carbonyl (C=O) groups is 5. The maximum atomic E-state index is 14.1. The number of benzene rings is 2. The summed E-state index contributed by atoms with van der Waals surface area (Å²) >= 11 is 12.5. The molecule has 0 bridgehead atoms. The van der Waals surface area contributed by atoms with E-state index in [2.05, 4.69) is 20.7 Å². The highest BCUT2D eigenvalue weighted by atomic mass is 35.5. The van der Waals surface area contributed by atoms with Crippen molar-refractivity contribution in [3.63, 3.8) is 0 Å². The Balaban J connectivity index is 0.926. The molecule has 4 aromatic rings. The maximum absolute atomic E-state index is 14.1. The molecule has 5 heterocycles. The molecular weight excluding hydrogens is 742 g/mol. The normalized spacial score (nSPS) is 18.1. The van der Waals surface area contributed by atoms with E-state index in [9.17, 15) is 28.4 Å². The van der Waals surface area contributed by atoms with E-state index in [4.69, 9.17) is 33.7 Å². The van der Waals surface area contributed by atoms with Crippen LogP contribution in [0.5, 0.6) is 5.75 Å². The highest BCUT2D eigenvalue weighted by molar-refractivity contribution is 6.36. The molecule has 2 fully saturated rings. The van der Waals surface area contributed by atoms with E-state index in [1.807, 2.05) is 10.9 Å². The second kappa shape index (κ2) is 15.1. The number of anilines is 2. The first kappa shape index (κ1) is 36.8. The van der Waals surface area contributed by atoms with Gasteiger partial charge in [-0.1, -0.05) is 29.3 Å². The molecule has 2 aromatic heterocycles. The predicted molar refractivity (Wildman–Crippen MR) is 196 cm³/mol. The van der Waals surface area contributed by atoms with Crippen LogP contribution in [0.25, 0.3) is 11.1 Å². The van der Waals surface area contributed by atoms with Crippen molar-refractivity contribution in [2.24, 2.45) is 0 Å². The second-order valence-electron chi connectivity index (χ2n) is 13.3. The Morgan fingerprint density at radius 3 is 2.61 bits per heavy atom. The molecule has 2 aromatic carbocycles. The Morgan fingerprint density at radius 2 is 1.85 bits per heavy atom. The van der Waals surface area contributed by atoms with Gasteiger partial charge in [-0.15, -0.1) is 0 Å². The molecule has 0 spiro atoms. The van der Waals surface area contributed by atoms with Gasteiger partial charge in [0.1, 0.15) is 18.0 Å². The van der Waals surface area contributed by atoms with Crippen LogP contribution in [0.1, 0.15) is 77.5 Å². The molecule has 0 radical (unpaired) electrons. The zero-order valence-corrected chi connectivity index (χ0v) is 30.5. The minimum atomic E-state index is -1.06. The van der Waals surface area contributed by atoms with Crippen LogP contribution in [0.4, 0.5) is 15.9 Å². The number of fused-ring (bicyclic) bond motifs is 1. The van der Waals surface area contributed by atoms with Gasteiger partial charge < -0.3 is 20.7 Å². The van der Waals surface area contributed by atoms with Gasteiger partial charge in [0.25, 0.3) is 11.8 Å². The van der Waals surface area contributed by atoms with Crippen molar-refractivity contribution >= 4 is 64.2 Å². The summed E-state index contributed by atoms with van der Waals surface area (Å²) in [7, 11) is 0. The number of nitrogen functional groups attached to an aromatic ring is 1. The molecular formula is C37H35Cl2FN8O6. The molecule has 5 amide bonds. The number of hydrogen-bond acceptors (Lipinski definition) is 10. The lowest BCUT2D eigenvalue weighted by Gasteiger charge is -2.32. The molecule has 0 saturated carbocycles. The topological polar surface area (TPSA) is 182 Å². The Labute approximate surface area is 318 Å². The van der Waals surface area contributed by atoms with Crippen molar-refractivity contribution in [2.45, 2.75) is 57.2 Å². The summed E-state index contributed by atoms with van der Waals surface area (Å²) < 4.78 is 22.0. The lowest BCUT2D eigenvalue weighted by atomic mass is 10.0. The standard InChI is InChI=1S/C37H35Cl2FN8O6/c1-19(31-24(38)5-6-25(40)33(31)39)54-28-15-20(16-43-34(28)41)21-17-44-47(18-21)22-10-13-46(14-11-22)30(50)9-12-42-26-4-2-3-23-32(26)37(53)48(36(23)52)27-7-8-29(49)45-35(27)51/h2-6,15-19,22,27,42H,7-14H2,1H3,(H2,41,43)(H,45,49,51). The Kier molecular flexibility index (Phi) is 10.3. The number of imide groups is 2. The van der Waals surface area contributed by atoms with E-state index >= 15 is 0 Å². The molecule has 2 atom stereocenters. The number of amides is 5. The van der Waals surface area contributed by atoms with Crippen LogP contribution in [0.3, 0.4) is 0 Å². The molecule has 3 aliphatic rings. The third-order valence-electron chi connectivity index (χ3n) is 9.92. The summed E-state index contributed by atoms with van der Waals surface area (Å²) in [5.41, 5.74) is 8.59. The van der Waals surface area contributed by atoms with Gasteiger partial charge in [0, 0.05) is 72.3 Å². The molecule has 7 rings (SSSR count). The number of nitrogens with two attached hydrogens (primary N) is 1. The van der Waals surface area contributed by atoms with Gasteiger partial charge in [-0.05, 0) is 56.5 Å². The fraction of sp³-hybridized carbons (Fsp3) is 0.324. The van der Waals surface area contributed by atoms with Crippen LogP contribution >= 0.6 is 23.2 Å². The van der Waals surface area contributed by atoms with E-state index in [-0.39, 0.29) is 70.5 Å². The van der Waals surface area contributed by atoms with Crippen LogP contribution in [0, 0.1) is 5.82 Å².